The molecule has 1 heterocycles. The van der Waals surface area contributed by atoms with Gasteiger partial charge in [0.1, 0.15) is 16.4 Å². The summed E-state index contributed by atoms with van der Waals surface area (Å²) >= 11 is 0. The quantitative estimate of drug-likeness (QED) is 0.634. The Balaban J connectivity index is 3.36. The predicted molar refractivity (Wildman–Crippen MR) is 38.5 cm³/mol. The maximum atomic E-state index is 10.7. The number of hydrogen-bond acceptors (Lipinski definition) is 3. The van der Waals surface area contributed by atoms with E-state index in [2.05, 4.69) is 0 Å². The van der Waals surface area contributed by atoms with E-state index in [0.29, 0.717) is 5.76 Å². The molecule has 1 radical (unpaired) electrons. The van der Waals surface area contributed by atoms with Crippen molar-refractivity contribution in [1.29, 1.82) is 0 Å². The highest BCUT2D eigenvalue weighted by Gasteiger charge is 2.15. The molecule has 11 heavy (non-hydrogen) atoms. The lowest BCUT2D eigenvalue weighted by molar-refractivity contribution is 0.496. The topological polar surface area (TPSA) is 71.1 Å². The van der Waals surface area contributed by atoms with Gasteiger partial charge in [0.25, 0.3) is 10.0 Å². The Hall–Kier alpha value is -0.810. The van der Waals surface area contributed by atoms with Crippen molar-refractivity contribution in [3.63, 3.8) is 0 Å². The Morgan fingerprint density at radius 2 is 2.00 bits per heavy atom. The molecule has 1 N–H and O–H groups in total. The fourth-order valence-corrected chi connectivity index (χ4v) is 1.62. The van der Waals surface area contributed by atoms with Crippen LogP contribution in [0.15, 0.2) is 15.4 Å². The molecular weight excluding hydrogens is 166 g/mol. The number of sulfonamides is 1. The number of hydrogen-bond donors (Lipinski definition) is 0. The van der Waals surface area contributed by atoms with E-state index in [0.717, 1.165) is 0 Å². The number of nitrogens with one attached hydrogen (secondary N) is 1. The summed E-state index contributed by atoms with van der Waals surface area (Å²) in [6, 6.07) is 1.34. The largest absolute Gasteiger partial charge is 0.465 e. The minimum atomic E-state index is -3.86. The third-order valence-corrected chi connectivity index (χ3v) is 2.27. The summed E-state index contributed by atoms with van der Waals surface area (Å²) in [5, 5.41) is 6.74. The van der Waals surface area contributed by atoms with E-state index in [1.54, 1.807) is 6.92 Å². The second kappa shape index (κ2) is 2.35. The summed E-state index contributed by atoms with van der Waals surface area (Å²) in [6.45, 7) is 3.16. The number of furan rings is 1. The van der Waals surface area contributed by atoms with Crippen molar-refractivity contribution in [2.45, 2.75) is 18.7 Å². The Labute approximate surface area is 65.1 Å². The van der Waals surface area contributed by atoms with E-state index in [9.17, 15) is 8.42 Å². The third-order valence-electron chi connectivity index (χ3n) is 1.28. The summed E-state index contributed by atoms with van der Waals surface area (Å²) in [4.78, 5) is -0.0463. The van der Waals surface area contributed by atoms with Crippen molar-refractivity contribution >= 4 is 10.0 Å². The van der Waals surface area contributed by atoms with E-state index in [1.807, 2.05) is 0 Å². The van der Waals surface area contributed by atoms with E-state index in [-0.39, 0.29) is 10.7 Å². The highest BCUT2D eigenvalue weighted by atomic mass is 32.2. The Morgan fingerprint density at radius 3 is 2.18 bits per heavy atom. The summed E-state index contributed by atoms with van der Waals surface area (Å²) in [7, 11) is -3.86. The first-order valence-corrected chi connectivity index (χ1v) is 4.46. The van der Waals surface area contributed by atoms with Crippen LogP contribution in [0.4, 0.5) is 0 Å². The normalized spacial score (nSPS) is 11.9. The molecule has 0 aliphatic rings. The second-order valence-corrected chi connectivity index (χ2v) is 3.73. The molecule has 0 spiro atoms. The molecule has 0 atom stereocenters. The van der Waals surface area contributed by atoms with Gasteiger partial charge in [0.15, 0.2) is 0 Å². The molecule has 0 saturated carbocycles. The van der Waals surface area contributed by atoms with Gasteiger partial charge in [0, 0.05) is 0 Å². The molecule has 0 fully saturated rings. The summed E-state index contributed by atoms with van der Waals surface area (Å²) in [6.07, 6.45) is 0. The Bertz CT molecular complexity index is 363. The average Bonchev–Trinajstić information content (AvgIpc) is 2.08. The zero-order chi connectivity index (χ0) is 8.65. The van der Waals surface area contributed by atoms with E-state index >= 15 is 0 Å². The van der Waals surface area contributed by atoms with Gasteiger partial charge in [0.05, 0.1) is 0 Å². The van der Waals surface area contributed by atoms with Gasteiger partial charge in [-0.25, -0.2) is 8.42 Å². The molecule has 1 aromatic heterocycles. The highest BCUT2D eigenvalue weighted by Crippen LogP contribution is 2.17. The SMILES string of the molecule is Cc1cc(S([NH])(=O)=O)c(C)o1. The van der Waals surface area contributed by atoms with Crippen molar-refractivity contribution < 1.29 is 12.8 Å². The first kappa shape index (κ1) is 8.29. The first-order valence-electron chi connectivity index (χ1n) is 2.98. The van der Waals surface area contributed by atoms with Gasteiger partial charge in [0.2, 0.25) is 0 Å². The fraction of sp³-hybridized carbons (Fsp3) is 0.333. The summed E-state index contributed by atoms with van der Waals surface area (Å²) in [5.74, 6) is 0.783. The van der Waals surface area contributed by atoms with E-state index in [4.69, 9.17) is 9.56 Å². The molecule has 0 saturated heterocycles. The lowest BCUT2D eigenvalue weighted by Crippen LogP contribution is -1.99. The molecule has 0 amide bonds. The molecular formula is C6H8NO3S. The van der Waals surface area contributed by atoms with Gasteiger partial charge in [-0.15, -0.1) is 5.14 Å². The van der Waals surface area contributed by atoms with Gasteiger partial charge in [-0.1, -0.05) is 0 Å². The predicted octanol–water partition coefficient (Wildman–Crippen LogP) is 0.868. The van der Waals surface area contributed by atoms with Crippen LogP contribution in [0, 0.1) is 13.8 Å². The molecule has 0 aromatic carbocycles. The zero-order valence-corrected chi connectivity index (χ0v) is 7.03. The van der Waals surface area contributed by atoms with Gasteiger partial charge in [-0.05, 0) is 19.9 Å². The molecule has 5 heteroatoms. The molecule has 0 bridgehead atoms. The summed E-state index contributed by atoms with van der Waals surface area (Å²) in [5.41, 5.74) is 0. The third kappa shape index (κ3) is 1.61. The Kier molecular flexibility index (Phi) is 1.77. The molecule has 4 nitrogen and oxygen atoms in total. The lowest BCUT2D eigenvalue weighted by Gasteiger charge is -1.89. The van der Waals surface area contributed by atoms with Gasteiger partial charge in [-0.2, -0.15) is 0 Å². The number of rotatable bonds is 1. The van der Waals surface area contributed by atoms with E-state index < -0.39 is 10.0 Å². The van der Waals surface area contributed by atoms with Crippen LogP contribution in [0.25, 0.3) is 0 Å². The van der Waals surface area contributed by atoms with Crippen LogP contribution < -0.4 is 5.14 Å². The highest BCUT2D eigenvalue weighted by molar-refractivity contribution is 7.88. The first-order chi connectivity index (χ1) is 4.91. The Morgan fingerprint density at radius 1 is 1.45 bits per heavy atom. The smallest absolute Gasteiger partial charge is 0.257 e. The minimum Gasteiger partial charge on any atom is -0.465 e. The van der Waals surface area contributed by atoms with Crippen molar-refractivity contribution in [2.75, 3.05) is 0 Å². The maximum absolute atomic E-state index is 10.7. The molecule has 1 rings (SSSR count). The average molecular weight is 174 g/mol. The van der Waals surface area contributed by atoms with Crippen molar-refractivity contribution in [3.05, 3.63) is 17.6 Å². The second-order valence-electron chi connectivity index (χ2n) is 2.28. The zero-order valence-electron chi connectivity index (χ0n) is 6.21. The standard InChI is InChI=1S/C6H8NO3S/c1-4-3-6(5(2)10-4)11(7,8)9/h3,7H,1-2H3. The monoisotopic (exact) mass is 174 g/mol. The van der Waals surface area contributed by atoms with Crippen LogP contribution in [0.5, 0.6) is 0 Å². The van der Waals surface area contributed by atoms with Gasteiger partial charge < -0.3 is 4.42 Å². The van der Waals surface area contributed by atoms with Crippen molar-refractivity contribution in [3.8, 4) is 0 Å². The minimum absolute atomic E-state index is 0.0463. The maximum Gasteiger partial charge on any atom is 0.257 e. The van der Waals surface area contributed by atoms with E-state index in [1.165, 1.54) is 13.0 Å². The van der Waals surface area contributed by atoms with Crippen LogP contribution in [-0.2, 0) is 10.0 Å². The van der Waals surface area contributed by atoms with Crippen molar-refractivity contribution in [2.24, 2.45) is 0 Å². The molecule has 0 aliphatic carbocycles. The summed E-state index contributed by atoms with van der Waals surface area (Å²) < 4.78 is 26.3. The van der Waals surface area contributed by atoms with Gasteiger partial charge >= 0.3 is 0 Å². The molecule has 1 aromatic rings. The number of aryl methyl sites for hydroxylation is 2. The van der Waals surface area contributed by atoms with Crippen molar-refractivity contribution in [1.82, 2.24) is 5.14 Å². The molecule has 61 valence electrons. The van der Waals surface area contributed by atoms with Crippen LogP contribution in [0.2, 0.25) is 0 Å². The van der Waals surface area contributed by atoms with Gasteiger partial charge in [-0.3, -0.25) is 0 Å². The molecule has 0 unspecified atom stereocenters. The molecule has 0 aliphatic heterocycles. The lowest BCUT2D eigenvalue weighted by atomic mass is 10.4. The van der Waals surface area contributed by atoms with Crippen LogP contribution in [-0.4, -0.2) is 8.42 Å². The van der Waals surface area contributed by atoms with Crippen LogP contribution in [0.3, 0.4) is 0 Å². The van der Waals surface area contributed by atoms with Crippen LogP contribution in [0.1, 0.15) is 11.5 Å². The fourth-order valence-electron chi connectivity index (χ4n) is 0.874. The van der Waals surface area contributed by atoms with Crippen LogP contribution >= 0.6 is 0 Å².